The third kappa shape index (κ3) is 4.87. The normalized spacial score (nSPS) is 14.3. The summed E-state index contributed by atoms with van der Waals surface area (Å²) in [5.74, 6) is 0.594. The second-order valence-electron chi connectivity index (χ2n) is 7.12. The maximum absolute atomic E-state index is 12.4. The van der Waals surface area contributed by atoms with Crippen molar-refractivity contribution in [2.45, 2.75) is 13.5 Å². The second-order valence-corrected chi connectivity index (χ2v) is 8.39. The van der Waals surface area contributed by atoms with Crippen LogP contribution in [-0.2, 0) is 16.1 Å². The molecule has 0 aromatic heterocycles. The van der Waals surface area contributed by atoms with Crippen molar-refractivity contribution in [3.8, 4) is 11.5 Å². The molecule has 162 valence electrons. The lowest BCUT2D eigenvalue weighted by molar-refractivity contribution is -0.129. The number of hydrogen-bond acceptors (Lipinski definition) is 5. The van der Waals surface area contributed by atoms with Gasteiger partial charge in [-0.1, -0.05) is 53.6 Å². The van der Waals surface area contributed by atoms with Crippen molar-refractivity contribution in [3.63, 3.8) is 0 Å². The lowest BCUT2D eigenvalue weighted by atomic mass is 10.1. The minimum absolute atomic E-state index is 0.169. The number of halogens is 2. The van der Waals surface area contributed by atoms with Crippen LogP contribution in [0.5, 0.6) is 11.5 Å². The van der Waals surface area contributed by atoms with Gasteiger partial charge in [0.2, 0.25) is 5.90 Å². The average molecular weight is 513 g/mol. The van der Waals surface area contributed by atoms with Crippen molar-refractivity contribution < 1.29 is 19.0 Å². The van der Waals surface area contributed by atoms with E-state index in [9.17, 15) is 4.79 Å². The van der Waals surface area contributed by atoms with Gasteiger partial charge in [0.25, 0.3) is 0 Å². The Bertz CT molecular complexity index is 1240. The second kappa shape index (κ2) is 9.59. The fourth-order valence-electron chi connectivity index (χ4n) is 3.12. The van der Waals surface area contributed by atoms with Crippen LogP contribution in [0.4, 0.5) is 0 Å². The predicted molar refractivity (Wildman–Crippen MR) is 128 cm³/mol. The summed E-state index contributed by atoms with van der Waals surface area (Å²) in [6, 6.07) is 18.9. The van der Waals surface area contributed by atoms with Crippen molar-refractivity contribution in [2.75, 3.05) is 7.11 Å². The Morgan fingerprint density at radius 2 is 1.88 bits per heavy atom. The maximum atomic E-state index is 12.4. The molecule has 0 N–H and O–H groups in total. The third-order valence-corrected chi connectivity index (χ3v) is 5.76. The SMILES string of the molecule is COc1cc(/C=C2\N=C(c3ccccc3Br)OC2=O)cc(Cl)c1OCc1ccc(C)cc1. The van der Waals surface area contributed by atoms with E-state index >= 15 is 0 Å². The van der Waals surface area contributed by atoms with Crippen LogP contribution in [0.15, 0.2) is 75.8 Å². The monoisotopic (exact) mass is 511 g/mol. The molecule has 0 aliphatic carbocycles. The lowest BCUT2D eigenvalue weighted by Crippen LogP contribution is -2.05. The molecule has 0 unspecified atom stereocenters. The highest BCUT2D eigenvalue weighted by Gasteiger charge is 2.25. The molecule has 1 aliphatic heterocycles. The van der Waals surface area contributed by atoms with E-state index in [2.05, 4.69) is 20.9 Å². The fraction of sp³-hybridized carbons (Fsp3) is 0.120. The number of carbonyl (C=O) groups excluding carboxylic acids is 1. The highest BCUT2D eigenvalue weighted by Crippen LogP contribution is 2.38. The summed E-state index contributed by atoms with van der Waals surface area (Å²) < 4.78 is 17.5. The first-order chi connectivity index (χ1) is 15.4. The van der Waals surface area contributed by atoms with Crippen molar-refractivity contribution >= 4 is 45.5 Å². The van der Waals surface area contributed by atoms with Gasteiger partial charge in [0.1, 0.15) is 6.61 Å². The van der Waals surface area contributed by atoms with Crippen molar-refractivity contribution in [3.05, 3.63) is 98.1 Å². The molecular weight excluding hydrogens is 494 g/mol. The lowest BCUT2D eigenvalue weighted by Gasteiger charge is -2.13. The molecule has 0 spiro atoms. The molecule has 0 saturated carbocycles. The number of carbonyl (C=O) groups is 1. The maximum Gasteiger partial charge on any atom is 0.363 e. The van der Waals surface area contributed by atoms with Crippen LogP contribution < -0.4 is 9.47 Å². The largest absolute Gasteiger partial charge is 0.493 e. The fourth-order valence-corrected chi connectivity index (χ4v) is 3.85. The first kappa shape index (κ1) is 22.1. The molecule has 7 heteroatoms. The zero-order valence-corrected chi connectivity index (χ0v) is 19.7. The molecule has 3 aromatic rings. The number of methoxy groups -OCH3 is 1. The summed E-state index contributed by atoms with van der Waals surface area (Å²) in [7, 11) is 1.54. The average Bonchev–Trinajstić information content (AvgIpc) is 3.14. The van der Waals surface area contributed by atoms with Crippen LogP contribution in [0.25, 0.3) is 6.08 Å². The van der Waals surface area contributed by atoms with Crippen molar-refractivity contribution in [1.82, 2.24) is 0 Å². The van der Waals surface area contributed by atoms with E-state index < -0.39 is 5.97 Å². The first-order valence-electron chi connectivity index (χ1n) is 9.78. The standard InChI is InChI=1S/C25H19BrClNO4/c1-15-7-9-16(10-8-15)14-31-23-20(27)11-17(13-22(23)30-2)12-21-25(29)32-24(28-21)18-5-3-4-6-19(18)26/h3-13H,14H2,1-2H3/b21-12-. The van der Waals surface area contributed by atoms with Crippen molar-refractivity contribution in [1.29, 1.82) is 0 Å². The number of esters is 1. The van der Waals surface area contributed by atoms with Gasteiger partial charge in [-0.2, -0.15) is 0 Å². The minimum Gasteiger partial charge on any atom is -0.493 e. The van der Waals surface area contributed by atoms with E-state index in [0.29, 0.717) is 34.3 Å². The summed E-state index contributed by atoms with van der Waals surface area (Å²) in [6.07, 6.45) is 1.60. The first-order valence-corrected chi connectivity index (χ1v) is 10.9. The molecule has 0 amide bonds. The van der Waals surface area contributed by atoms with Crippen LogP contribution >= 0.6 is 27.5 Å². The number of cyclic esters (lactones) is 1. The zero-order chi connectivity index (χ0) is 22.7. The van der Waals surface area contributed by atoms with Crippen LogP contribution in [0.2, 0.25) is 5.02 Å². The van der Waals surface area contributed by atoms with Crippen LogP contribution in [0.1, 0.15) is 22.3 Å². The molecule has 0 fully saturated rings. The summed E-state index contributed by atoms with van der Waals surface area (Å²) in [6.45, 7) is 2.38. The van der Waals surface area contributed by atoms with Gasteiger partial charge in [-0.25, -0.2) is 9.79 Å². The molecule has 0 atom stereocenters. The van der Waals surface area contributed by atoms with Gasteiger partial charge >= 0.3 is 5.97 Å². The Kier molecular flexibility index (Phi) is 6.63. The van der Waals surface area contributed by atoms with Gasteiger partial charge in [0.05, 0.1) is 17.7 Å². The molecule has 1 heterocycles. The molecule has 1 aliphatic rings. The van der Waals surface area contributed by atoms with Crippen LogP contribution in [0, 0.1) is 6.92 Å². The summed E-state index contributed by atoms with van der Waals surface area (Å²) in [5, 5.41) is 0.365. The number of benzene rings is 3. The van der Waals surface area contributed by atoms with E-state index in [1.807, 2.05) is 55.5 Å². The van der Waals surface area contributed by atoms with Gasteiger partial charge in [-0.3, -0.25) is 0 Å². The Labute approximate surface area is 199 Å². The molecule has 0 saturated heterocycles. The van der Waals surface area contributed by atoms with Gasteiger partial charge < -0.3 is 14.2 Å². The van der Waals surface area contributed by atoms with Gasteiger partial charge in [-0.15, -0.1) is 0 Å². The number of rotatable bonds is 6. The molecule has 5 nitrogen and oxygen atoms in total. The summed E-state index contributed by atoms with van der Waals surface area (Å²) in [5.41, 5.74) is 3.70. The zero-order valence-electron chi connectivity index (χ0n) is 17.4. The van der Waals surface area contributed by atoms with Gasteiger partial charge in [-0.05, 0) is 64.3 Å². The summed E-state index contributed by atoms with van der Waals surface area (Å²) >= 11 is 9.92. The minimum atomic E-state index is -0.537. The highest BCUT2D eigenvalue weighted by atomic mass is 79.9. The Hall–Kier alpha value is -3.09. The smallest absolute Gasteiger partial charge is 0.363 e. The number of aryl methyl sites for hydroxylation is 1. The van der Waals surface area contributed by atoms with Crippen LogP contribution in [-0.4, -0.2) is 19.0 Å². The van der Waals surface area contributed by atoms with E-state index in [0.717, 1.165) is 10.0 Å². The number of nitrogens with zero attached hydrogens (tertiary/aromatic N) is 1. The Balaban J connectivity index is 1.59. The third-order valence-electron chi connectivity index (χ3n) is 4.78. The topological polar surface area (TPSA) is 57.1 Å². The van der Waals surface area contributed by atoms with E-state index in [1.54, 1.807) is 18.2 Å². The number of aliphatic imine (C=N–C) groups is 1. The highest BCUT2D eigenvalue weighted by molar-refractivity contribution is 9.10. The van der Waals surface area contributed by atoms with Crippen LogP contribution in [0.3, 0.4) is 0 Å². The molecule has 0 bridgehead atoms. The van der Waals surface area contributed by atoms with Crippen molar-refractivity contribution in [2.24, 2.45) is 4.99 Å². The van der Waals surface area contributed by atoms with Gasteiger partial charge in [0.15, 0.2) is 17.2 Å². The van der Waals surface area contributed by atoms with E-state index in [1.165, 1.54) is 12.7 Å². The molecule has 4 rings (SSSR count). The molecule has 0 radical (unpaired) electrons. The van der Waals surface area contributed by atoms with E-state index in [4.69, 9.17) is 25.8 Å². The van der Waals surface area contributed by atoms with E-state index in [-0.39, 0.29) is 11.6 Å². The van der Waals surface area contributed by atoms with Gasteiger partial charge in [0, 0.05) is 4.47 Å². The summed E-state index contributed by atoms with van der Waals surface area (Å²) in [4.78, 5) is 16.7. The quantitative estimate of drug-likeness (QED) is 0.285. The number of hydrogen-bond donors (Lipinski definition) is 0. The molecule has 32 heavy (non-hydrogen) atoms. The molecule has 3 aromatic carbocycles. The molecular formula is C25H19BrClNO4. The Morgan fingerprint density at radius 3 is 2.59 bits per heavy atom. The number of ether oxygens (including phenoxy) is 3. The Morgan fingerprint density at radius 1 is 1.12 bits per heavy atom. The predicted octanol–water partition coefficient (Wildman–Crippen LogP) is 6.34.